The van der Waals surface area contributed by atoms with Crippen LogP contribution in [0.5, 0.6) is 0 Å². The number of aryl methyl sites for hydroxylation is 1. The van der Waals surface area contributed by atoms with E-state index in [4.69, 9.17) is 0 Å². The van der Waals surface area contributed by atoms with Crippen molar-refractivity contribution in [3.63, 3.8) is 0 Å². The van der Waals surface area contributed by atoms with Crippen molar-refractivity contribution in [3.05, 3.63) is 41.7 Å². The van der Waals surface area contributed by atoms with Crippen molar-refractivity contribution < 1.29 is 9.90 Å². The Hall–Kier alpha value is -1.99. The maximum absolute atomic E-state index is 12.5. The first kappa shape index (κ1) is 15.9. The van der Waals surface area contributed by atoms with E-state index in [1.54, 1.807) is 17.0 Å². The predicted octanol–water partition coefficient (Wildman–Crippen LogP) is 1.62. The molecule has 6 nitrogen and oxygen atoms in total. The normalized spacial score (nSPS) is 17.0. The van der Waals surface area contributed by atoms with Crippen LogP contribution in [-0.4, -0.2) is 51.5 Å². The molecule has 1 atom stereocenters. The first-order valence-electron chi connectivity index (χ1n) is 7.72. The van der Waals surface area contributed by atoms with Crippen LogP contribution < -0.4 is 4.90 Å². The molecular formula is C16H20N4O2S. The number of carbonyl (C=O) groups is 1. The van der Waals surface area contributed by atoms with Crippen LogP contribution in [0.25, 0.3) is 0 Å². The monoisotopic (exact) mass is 332 g/mol. The summed E-state index contributed by atoms with van der Waals surface area (Å²) in [4.78, 5) is 20.8. The van der Waals surface area contributed by atoms with Gasteiger partial charge in [-0.05, 0) is 18.9 Å². The second-order valence-electron chi connectivity index (χ2n) is 5.60. The van der Waals surface area contributed by atoms with Crippen LogP contribution in [0.3, 0.4) is 0 Å². The largest absolute Gasteiger partial charge is 0.378 e. The molecule has 1 aromatic carbocycles. The second kappa shape index (κ2) is 7.06. The van der Waals surface area contributed by atoms with Gasteiger partial charge < -0.3 is 14.9 Å². The summed E-state index contributed by atoms with van der Waals surface area (Å²) >= 11 is 1.39. The summed E-state index contributed by atoms with van der Waals surface area (Å²) in [6, 6.07) is 9.07. The lowest BCUT2D eigenvalue weighted by Crippen LogP contribution is -2.38. The average Bonchev–Trinajstić information content (AvgIpc) is 2.86. The zero-order chi connectivity index (χ0) is 16.2. The molecule has 0 spiro atoms. The highest BCUT2D eigenvalue weighted by molar-refractivity contribution is 7.09. The van der Waals surface area contributed by atoms with Crippen molar-refractivity contribution in [2.45, 2.75) is 19.4 Å². The minimum atomic E-state index is -1.09. The molecule has 122 valence electrons. The molecule has 1 fully saturated rings. The van der Waals surface area contributed by atoms with Crippen LogP contribution in [0.1, 0.15) is 23.9 Å². The SMILES string of the molecule is Cc1nsc(N2CCCN(C(=O)C(O)c3ccccc3)CC2)n1. The molecule has 0 aliphatic carbocycles. The van der Waals surface area contributed by atoms with Crippen LogP contribution in [0.2, 0.25) is 0 Å². The third-order valence-corrected chi connectivity index (χ3v) is 4.81. The molecule has 1 aromatic heterocycles. The fourth-order valence-corrected chi connectivity index (χ4v) is 3.42. The van der Waals surface area contributed by atoms with Crippen LogP contribution in [0.4, 0.5) is 5.13 Å². The molecule has 0 bridgehead atoms. The number of anilines is 1. The van der Waals surface area contributed by atoms with Gasteiger partial charge in [0.15, 0.2) is 6.10 Å². The summed E-state index contributed by atoms with van der Waals surface area (Å²) in [6.07, 6.45) is -0.238. The van der Waals surface area contributed by atoms with E-state index in [0.29, 0.717) is 25.2 Å². The van der Waals surface area contributed by atoms with Gasteiger partial charge in [-0.2, -0.15) is 4.37 Å². The third kappa shape index (κ3) is 3.68. The van der Waals surface area contributed by atoms with Gasteiger partial charge in [-0.25, -0.2) is 4.98 Å². The van der Waals surface area contributed by atoms with Gasteiger partial charge in [0.05, 0.1) is 0 Å². The van der Waals surface area contributed by atoms with Crippen molar-refractivity contribution >= 4 is 22.6 Å². The first-order valence-corrected chi connectivity index (χ1v) is 8.49. The maximum atomic E-state index is 12.5. The number of aliphatic hydroxyl groups is 1. The summed E-state index contributed by atoms with van der Waals surface area (Å²) in [7, 11) is 0. The Kier molecular flexibility index (Phi) is 4.88. The number of hydrogen-bond donors (Lipinski definition) is 1. The van der Waals surface area contributed by atoms with E-state index >= 15 is 0 Å². The number of benzene rings is 1. The molecule has 23 heavy (non-hydrogen) atoms. The van der Waals surface area contributed by atoms with Gasteiger partial charge >= 0.3 is 0 Å². The molecule has 1 N–H and O–H groups in total. The zero-order valence-electron chi connectivity index (χ0n) is 13.1. The van der Waals surface area contributed by atoms with Gasteiger partial charge in [0.1, 0.15) is 5.82 Å². The molecule has 3 rings (SSSR count). The number of nitrogens with zero attached hydrogens (tertiary/aromatic N) is 4. The number of amides is 1. The molecule has 1 unspecified atom stereocenters. The standard InChI is InChI=1S/C16H20N4O2S/c1-12-17-16(23-18-12)20-9-5-8-19(10-11-20)15(22)14(21)13-6-3-2-4-7-13/h2-4,6-7,14,21H,5,8-11H2,1H3. The lowest BCUT2D eigenvalue weighted by atomic mass is 10.1. The number of aliphatic hydroxyl groups excluding tert-OH is 1. The number of carbonyl (C=O) groups excluding carboxylic acids is 1. The zero-order valence-corrected chi connectivity index (χ0v) is 13.9. The lowest BCUT2D eigenvalue weighted by Gasteiger charge is -2.24. The van der Waals surface area contributed by atoms with Gasteiger partial charge in [0.25, 0.3) is 5.91 Å². The molecule has 1 aliphatic heterocycles. The van der Waals surface area contributed by atoms with E-state index in [1.807, 2.05) is 25.1 Å². The summed E-state index contributed by atoms with van der Waals surface area (Å²) in [5, 5.41) is 11.2. The first-order chi connectivity index (χ1) is 11.1. The highest BCUT2D eigenvalue weighted by Gasteiger charge is 2.26. The van der Waals surface area contributed by atoms with E-state index < -0.39 is 6.10 Å². The lowest BCUT2D eigenvalue weighted by molar-refractivity contribution is -0.140. The smallest absolute Gasteiger partial charge is 0.256 e. The average molecular weight is 332 g/mol. The van der Waals surface area contributed by atoms with Crippen molar-refractivity contribution in [1.82, 2.24) is 14.3 Å². The van der Waals surface area contributed by atoms with E-state index in [-0.39, 0.29) is 5.91 Å². The Morgan fingerprint density at radius 3 is 2.70 bits per heavy atom. The Morgan fingerprint density at radius 1 is 1.22 bits per heavy atom. The predicted molar refractivity (Wildman–Crippen MR) is 89.5 cm³/mol. The highest BCUT2D eigenvalue weighted by atomic mass is 32.1. The van der Waals surface area contributed by atoms with Gasteiger partial charge in [-0.3, -0.25) is 4.79 Å². The second-order valence-corrected chi connectivity index (χ2v) is 6.33. The number of aromatic nitrogens is 2. The Balaban J connectivity index is 1.64. The van der Waals surface area contributed by atoms with E-state index in [0.717, 1.165) is 23.9 Å². The van der Waals surface area contributed by atoms with Crippen molar-refractivity contribution in [2.75, 3.05) is 31.1 Å². The summed E-state index contributed by atoms with van der Waals surface area (Å²) in [5.74, 6) is 0.549. The Bertz CT molecular complexity index is 661. The molecule has 0 saturated carbocycles. The van der Waals surface area contributed by atoms with Crippen LogP contribution in [0, 0.1) is 6.92 Å². The topological polar surface area (TPSA) is 69.6 Å². The number of hydrogen-bond acceptors (Lipinski definition) is 6. The van der Waals surface area contributed by atoms with Gasteiger partial charge in [-0.1, -0.05) is 30.3 Å². The highest BCUT2D eigenvalue weighted by Crippen LogP contribution is 2.21. The minimum absolute atomic E-state index is 0.230. The number of rotatable bonds is 3. The van der Waals surface area contributed by atoms with Crippen LogP contribution in [-0.2, 0) is 4.79 Å². The van der Waals surface area contributed by atoms with Gasteiger partial charge in [0.2, 0.25) is 5.13 Å². The molecule has 7 heteroatoms. The van der Waals surface area contributed by atoms with E-state index in [9.17, 15) is 9.90 Å². The summed E-state index contributed by atoms with van der Waals surface area (Å²) < 4.78 is 4.21. The molecule has 1 aliphatic rings. The van der Waals surface area contributed by atoms with Gasteiger partial charge in [0, 0.05) is 37.7 Å². The van der Waals surface area contributed by atoms with Crippen molar-refractivity contribution in [3.8, 4) is 0 Å². The fourth-order valence-electron chi connectivity index (χ4n) is 2.69. The molecule has 1 amide bonds. The Labute approximate surface area is 139 Å². The van der Waals surface area contributed by atoms with E-state index in [2.05, 4.69) is 14.3 Å². The minimum Gasteiger partial charge on any atom is -0.378 e. The third-order valence-electron chi connectivity index (χ3n) is 3.94. The molecule has 2 heterocycles. The van der Waals surface area contributed by atoms with Crippen LogP contribution >= 0.6 is 11.5 Å². The summed E-state index contributed by atoms with van der Waals surface area (Å²) in [5.41, 5.74) is 0.637. The van der Waals surface area contributed by atoms with Crippen LogP contribution in [0.15, 0.2) is 30.3 Å². The quantitative estimate of drug-likeness (QED) is 0.925. The molecule has 0 radical (unpaired) electrons. The molecule has 2 aromatic rings. The van der Waals surface area contributed by atoms with Crippen molar-refractivity contribution in [1.29, 1.82) is 0 Å². The summed E-state index contributed by atoms with van der Waals surface area (Å²) in [6.45, 7) is 4.67. The van der Waals surface area contributed by atoms with Gasteiger partial charge in [-0.15, -0.1) is 0 Å². The maximum Gasteiger partial charge on any atom is 0.256 e. The molecular weight excluding hydrogens is 312 g/mol. The molecule has 1 saturated heterocycles. The Morgan fingerprint density at radius 2 is 2.00 bits per heavy atom. The van der Waals surface area contributed by atoms with Crippen molar-refractivity contribution in [2.24, 2.45) is 0 Å². The van der Waals surface area contributed by atoms with E-state index in [1.165, 1.54) is 11.5 Å². The fraction of sp³-hybridized carbons (Fsp3) is 0.438.